The molecule has 4 rings (SSSR count). The number of morpholine rings is 1. The zero-order valence-electron chi connectivity index (χ0n) is 14.3. The molecule has 0 aromatic heterocycles. The number of nitrogens with one attached hydrogen (secondary N) is 1. The normalized spacial score (nSPS) is 22.5. The van der Waals surface area contributed by atoms with Crippen molar-refractivity contribution in [2.75, 3.05) is 38.3 Å². The lowest BCUT2D eigenvalue weighted by Crippen LogP contribution is -2.36. The van der Waals surface area contributed by atoms with Crippen LogP contribution in [0.2, 0.25) is 0 Å². The van der Waals surface area contributed by atoms with Crippen molar-refractivity contribution in [1.29, 1.82) is 5.41 Å². The molecule has 1 N–H and O–H groups in total. The number of hydrogen-bond acceptors (Lipinski definition) is 7. The van der Waals surface area contributed by atoms with Crippen LogP contribution in [0.4, 0.5) is 5.69 Å². The summed E-state index contributed by atoms with van der Waals surface area (Å²) < 4.78 is 17.0. The number of anilines is 1. The maximum absolute atomic E-state index is 8.45. The van der Waals surface area contributed by atoms with Crippen molar-refractivity contribution in [3.63, 3.8) is 0 Å². The van der Waals surface area contributed by atoms with Gasteiger partial charge < -0.3 is 18.9 Å². The lowest BCUT2D eigenvalue weighted by Gasteiger charge is -2.32. The predicted molar refractivity (Wildman–Crippen MR) is 111 cm³/mol. The summed E-state index contributed by atoms with van der Waals surface area (Å²) in [6.45, 7) is 3.18. The molecule has 0 aliphatic carbocycles. The Labute approximate surface area is 162 Å². The Kier molecular flexibility index (Phi) is 4.97. The van der Waals surface area contributed by atoms with Gasteiger partial charge in [0.2, 0.25) is 5.47 Å². The second-order valence-electron chi connectivity index (χ2n) is 5.99. The number of ether oxygens (including phenoxy) is 2. The molecule has 2 heterocycles. The quantitative estimate of drug-likeness (QED) is 0.786. The molecule has 1 atom stereocenters. The summed E-state index contributed by atoms with van der Waals surface area (Å²) >= 11 is 7.24. The number of rotatable bonds is 3. The Morgan fingerprint density at radius 1 is 1.15 bits per heavy atom. The fourth-order valence-electron chi connectivity index (χ4n) is 2.98. The van der Waals surface area contributed by atoms with Crippen LogP contribution in [0.5, 0.6) is 11.5 Å². The third-order valence-corrected chi connectivity index (χ3v) is 10.1. The number of nitrogens with zero attached hydrogens (tertiary/aromatic N) is 1. The standard InChI is InChI=1S/C18H19N2O3PS2/c1-21-14-3-5-15(6-4-14)24(25)23-17-12-13(20-8-10-22-11-9-20)2-7-16(17)18(19)26-24/h2-7,12,19H,8-11H2,1H3. The van der Waals surface area contributed by atoms with Crippen molar-refractivity contribution in [3.05, 3.63) is 48.0 Å². The third-order valence-electron chi connectivity index (χ3n) is 4.40. The van der Waals surface area contributed by atoms with Crippen molar-refractivity contribution < 1.29 is 14.0 Å². The lowest BCUT2D eigenvalue weighted by molar-refractivity contribution is 0.122. The van der Waals surface area contributed by atoms with Gasteiger partial charge in [0.1, 0.15) is 16.5 Å². The molecular weight excluding hydrogens is 387 g/mol. The van der Waals surface area contributed by atoms with Gasteiger partial charge in [-0.05, 0) is 59.6 Å². The Morgan fingerprint density at radius 3 is 2.58 bits per heavy atom. The van der Waals surface area contributed by atoms with Crippen molar-refractivity contribution in [2.24, 2.45) is 0 Å². The average molecular weight is 406 g/mol. The van der Waals surface area contributed by atoms with Crippen LogP contribution in [0, 0.1) is 5.41 Å². The second-order valence-corrected chi connectivity index (χ2v) is 12.6. The van der Waals surface area contributed by atoms with E-state index in [4.69, 9.17) is 31.2 Å². The van der Waals surface area contributed by atoms with Crippen LogP contribution in [0.25, 0.3) is 0 Å². The Bertz CT molecular complexity index is 883. The van der Waals surface area contributed by atoms with Gasteiger partial charge in [-0.1, -0.05) is 0 Å². The van der Waals surface area contributed by atoms with Crippen LogP contribution in [0.3, 0.4) is 0 Å². The molecule has 1 fully saturated rings. The predicted octanol–water partition coefficient (Wildman–Crippen LogP) is 3.62. The minimum absolute atomic E-state index is 0.471. The smallest absolute Gasteiger partial charge is 0.202 e. The van der Waals surface area contributed by atoms with Crippen LogP contribution in [0.15, 0.2) is 42.5 Å². The highest BCUT2D eigenvalue weighted by molar-refractivity contribution is 8.77. The van der Waals surface area contributed by atoms with Crippen molar-refractivity contribution >= 4 is 44.7 Å². The highest BCUT2D eigenvalue weighted by Crippen LogP contribution is 2.63. The minimum Gasteiger partial charge on any atom is -0.497 e. The van der Waals surface area contributed by atoms with E-state index < -0.39 is 5.47 Å². The lowest BCUT2D eigenvalue weighted by atomic mass is 10.1. The second kappa shape index (κ2) is 7.24. The topological polar surface area (TPSA) is 54.8 Å². The fraction of sp³-hybridized carbons (Fsp3) is 0.278. The monoisotopic (exact) mass is 406 g/mol. The van der Waals surface area contributed by atoms with E-state index in [2.05, 4.69) is 4.90 Å². The van der Waals surface area contributed by atoms with Crippen molar-refractivity contribution in [2.45, 2.75) is 0 Å². The first-order valence-corrected chi connectivity index (χ1v) is 12.4. The number of methoxy groups -OCH3 is 1. The van der Waals surface area contributed by atoms with E-state index in [0.717, 1.165) is 48.6 Å². The molecule has 2 aromatic rings. The molecule has 136 valence electrons. The minimum atomic E-state index is -2.42. The number of fused-ring (bicyclic) bond motifs is 1. The summed E-state index contributed by atoms with van der Waals surface area (Å²) in [7, 11) is 1.64. The van der Waals surface area contributed by atoms with Crippen molar-refractivity contribution in [3.8, 4) is 11.5 Å². The SMILES string of the molecule is COc1ccc(P2(=S)Oc3cc(N4CCOCC4)ccc3C(=N)S2)cc1. The maximum Gasteiger partial charge on any atom is 0.202 e. The molecule has 0 spiro atoms. The first-order chi connectivity index (χ1) is 12.6. The largest absolute Gasteiger partial charge is 0.497 e. The van der Waals surface area contributed by atoms with Crippen LogP contribution in [-0.4, -0.2) is 38.5 Å². The zero-order valence-corrected chi connectivity index (χ0v) is 16.8. The average Bonchev–Trinajstić information content (AvgIpc) is 2.68. The van der Waals surface area contributed by atoms with Gasteiger partial charge in [-0.25, -0.2) is 0 Å². The van der Waals surface area contributed by atoms with Gasteiger partial charge in [0.25, 0.3) is 0 Å². The van der Waals surface area contributed by atoms with E-state index in [9.17, 15) is 0 Å². The van der Waals surface area contributed by atoms with Crippen LogP contribution in [0.1, 0.15) is 5.56 Å². The van der Waals surface area contributed by atoms with E-state index in [1.807, 2.05) is 42.5 Å². The summed E-state index contributed by atoms with van der Waals surface area (Å²) in [4.78, 5) is 2.27. The van der Waals surface area contributed by atoms with Gasteiger partial charge in [0.15, 0.2) is 0 Å². The summed E-state index contributed by atoms with van der Waals surface area (Å²) in [6, 6.07) is 13.7. The van der Waals surface area contributed by atoms with Gasteiger partial charge in [0.05, 0.1) is 20.3 Å². The van der Waals surface area contributed by atoms with Gasteiger partial charge in [0, 0.05) is 35.7 Å². The molecule has 26 heavy (non-hydrogen) atoms. The van der Waals surface area contributed by atoms with Crippen LogP contribution >= 0.6 is 16.8 Å². The van der Waals surface area contributed by atoms with E-state index in [-0.39, 0.29) is 0 Å². The Hall–Kier alpha value is -1.53. The molecule has 0 saturated carbocycles. The summed E-state index contributed by atoms with van der Waals surface area (Å²) in [5.41, 5.74) is -0.525. The molecule has 2 aliphatic rings. The third kappa shape index (κ3) is 3.37. The van der Waals surface area contributed by atoms with E-state index in [1.165, 1.54) is 11.4 Å². The molecule has 0 amide bonds. The number of benzene rings is 2. The molecule has 1 unspecified atom stereocenters. The fourth-order valence-corrected chi connectivity index (χ4v) is 7.99. The first-order valence-electron chi connectivity index (χ1n) is 8.28. The Balaban J connectivity index is 1.67. The van der Waals surface area contributed by atoms with Crippen LogP contribution in [-0.2, 0) is 16.5 Å². The van der Waals surface area contributed by atoms with E-state index >= 15 is 0 Å². The summed E-state index contributed by atoms with van der Waals surface area (Å²) in [5, 5.41) is 9.86. The molecule has 1 saturated heterocycles. The molecular formula is C18H19N2O3PS2. The molecule has 8 heteroatoms. The molecule has 2 aliphatic heterocycles. The van der Waals surface area contributed by atoms with Gasteiger partial charge in [-0.3, -0.25) is 5.41 Å². The maximum atomic E-state index is 8.45. The highest BCUT2D eigenvalue weighted by atomic mass is 32.9. The Morgan fingerprint density at radius 2 is 1.88 bits per heavy atom. The molecule has 5 nitrogen and oxygen atoms in total. The number of hydrogen-bond donors (Lipinski definition) is 1. The van der Waals surface area contributed by atoms with E-state index in [0.29, 0.717) is 10.8 Å². The molecule has 0 bridgehead atoms. The summed E-state index contributed by atoms with van der Waals surface area (Å²) in [5.74, 6) is 1.49. The van der Waals surface area contributed by atoms with Gasteiger partial charge in [-0.2, -0.15) is 0 Å². The zero-order chi connectivity index (χ0) is 18.1. The van der Waals surface area contributed by atoms with E-state index in [1.54, 1.807) is 7.11 Å². The van der Waals surface area contributed by atoms with Gasteiger partial charge in [-0.15, -0.1) is 0 Å². The molecule has 0 radical (unpaired) electrons. The van der Waals surface area contributed by atoms with Crippen molar-refractivity contribution in [1.82, 2.24) is 0 Å². The highest BCUT2D eigenvalue weighted by Gasteiger charge is 2.33. The van der Waals surface area contributed by atoms with Gasteiger partial charge >= 0.3 is 0 Å². The van der Waals surface area contributed by atoms with Crippen LogP contribution < -0.4 is 19.5 Å². The summed E-state index contributed by atoms with van der Waals surface area (Å²) in [6.07, 6.45) is 0. The first kappa shape index (κ1) is 17.9. The molecule has 2 aromatic carbocycles.